The predicted octanol–water partition coefficient (Wildman–Crippen LogP) is 1.21. The maximum atomic E-state index is 4.98. The van der Waals surface area contributed by atoms with Gasteiger partial charge in [-0.3, -0.25) is 0 Å². The molecule has 0 fully saturated rings. The average molecular weight is 158 g/mol. The van der Waals surface area contributed by atoms with Crippen molar-refractivity contribution in [2.75, 3.05) is 27.2 Å². The van der Waals surface area contributed by atoms with Crippen molar-refractivity contribution < 1.29 is 4.84 Å². The minimum absolute atomic E-state index is 0.467. The Morgan fingerprint density at radius 2 is 2.09 bits per heavy atom. The fourth-order valence-electron chi connectivity index (χ4n) is 0.441. The first-order valence-corrected chi connectivity index (χ1v) is 3.93. The topological polar surface area (TPSA) is 24.8 Å². The number of hydrogen-bond acceptors (Lipinski definition) is 3. The molecule has 0 unspecified atom stereocenters. The molecule has 0 aliphatic heterocycles. The summed E-state index contributed by atoms with van der Waals surface area (Å²) in [5.74, 6) is 0.467. The van der Waals surface area contributed by atoms with E-state index in [-0.39, 0.29) is 0 Å². The fraction of sp³-hybridized carbons (Fsp3) is 0.875. The van der Waals surface area contributed by atoms with Crippen molar-refractivity contribution in [1.82, 2.24) is 4.90 Å². The lowest BCUT2D eigenvalue weighted by Gasteiger charge is -2.06. The van der Waals surface area contributed by atoms with Crippen LogP contribution in [0.25, 0.3) is 0 Å². The lowest BCUT2D eigenvalue weighted by atomic mass is 10.3. The molecule has 0 radical (unpaired) electrons. The Kier molecular flexibility index (Phi) is 5.84. The average Bonchev–Trinajstić information content (AvgIpc) is 1.85. The summed E-state index contributed by atoms with van der Waals surface area (Å²) in [7, 11) is 4.02. The van der Waals surface area contributed by atoms with Crippen LogP contribution in [0.1, 0.15) is 13.8 Å². The first kappa shape index (κ1) is 10.4. The van der Waals surface area contributed by atoms with E-state index in [0.29, 0.717) is 12.5 Å². The quantitative estimate of drug-likeness (QED) is 0.341. The van der Waals surface area contributed by atoms with Crippen LogP contribution in [-0.4, -0.2) is 38.4 Å². The molecule has 0 spiro atoms. The molecule has 0 aromatic carbocycles. The number of rotatable bonds is 5. The summed E-state index contributed by atoms with van der Waals surface area (Å²) in [6.45, 7) is 5.71. The highest BCUT2D eigenvalue weighted by molar-refractivity contribution is 5.58. The summed E-state index contributed by atoms with van der Waals surface area (Å²) < 4.78 is 0. The number of likely N-dealkylation sites (N-methyl/N-ethyl adjacent to an activating group) is 1. The van der Waals surface area contributed by atoms with Gasteiger partial charge < -0.3 is 9.74 Å². The monoisotopic (exact) mass is 158 g/mol. The summed E-state index contributed by atoms with van der Waals surface area (Å²) in [5, 5.41) is 3.79. The zero-order valence-electron chi connectivity index (χ0n) is 7.87. The van der Waals surface area contributed by atoms with Crippen LogP contribution < -0.4 is 0 Å². The van der Waals surface area contributed by atoms with Gasteiger partial charge in [-0.05, 0) is 20.0 Å². The molecule has 0 saturated heterocycles. The lowest BCUT2D eigenvalue weighted by molar-refractivity contribution is 0.126. The summed E-state index contributed by atoms with van der Waals surface area (Å²) >= 11 is 0. The highest BCUT2D eigenvalue weighted by Crippen LogP contribution is 1.86. The molecule has 0 aromatic rings. The van der Waals surface area contributed by atoms with Crippen molar-refractivity contribution in [2.45, 2.75) is 13.8 Å². The van der Waals surface area contributed by atoms with Gasteiger partial charge in [-0.25, -0.2) is 0 Å². The van der Waals surface area contributed by atoms with E-state index in [1.807, 2.05) is 14.1 Å². The summed E-state index contributed by atoms with van der Waals surface area (Å²) in [4.78, 5) is 7.04. The van der Waals surface area contributed by atoms with E-state index in [0.717, 1.165) is 6.54 Å². The second-order valence-corrected chi connectivity index (χ2v) is 3.13. The molecule has 3 nitrogen and oxygen atoms in total. The Labute approximate surface area is 69.0 Å². The Bertz CT molecular complexity index is 111. The van der Waals surface area contributed by atoms with E-state index in [1.165, 1.54) is 0 Å². The zero-order chi connectivity index (χ0) is 8.69. The van der Waals surface area contributed by atoms with Crippen LogP contribution in [0.3, 0.4) is 0 Å². The summed E-state index contributed by atoms with van der Waals surface area (Å²) in [6, 6.07) is 0. The normalized spacial score (nSPS) is 11.8. The van der Waals surface area contributed by atoms with Gasteiger partial charge in [-0.15, -0.1) is 0 Å². The molecule has 66 valence electrons. The van der Waals surface area contributed by atoms with Gasteiger partial charge in [-0.1, -0.05) is 19.0 Å². The Hall–Kier alpha value is -0.570. The molecular weight excluding hydrogens is 140 g/mol. The second kappa shape index (κ2) is 6.16. The SMILES string of the molecule is CC(C)/C=N/OCCN(C)C. The fourth-order valence-corrected chi connectivity index (χ4v) is 0.441. The summed E-state index contributed by atoms with van der Waals surface area (Å²) in [5.41, 5.74) is 0. The van der Waals surface area contributed by atoms with E-state index < -0.39 is 0 Å². The molecule has 0 amide bonds. The highest BCUT2D eigenvalue weighted by Gasteiger charge is 1.88. The molecule has 0 aliphatic rings. The number of hydrogen-bond donors (Lipinski definition) is 0. The first-order valence-electron chi connectivity index (χ1n) is 3.93. The van der Waals surface area contributed by atoms with Crippen molar-refractivity contribution in [3.05, 3.63) is 0 Å². The molecule has 11 heavy (non-hydrogen) atoms. The van der Waals surface area contributed by atoms with Crippen molar-refractivity contribution in [2.24, 2.45) is 11.1 Å². The number of nitrogens with zero attached hydrogens (tertiary/aromatic N) is 2. The largest absolute Gasteiger partial charge is 0.395 e. The smallest absolute Gasteiger partial charge is 0.129 e. The third kappa shape index (κ3) is 9.43. The molecule has 0 saturated carbocycles. The standard InChI is InChI=1S/C8H18N2O/c1-8(2)7-9-11-6-5-10(3)4/h7-8H,5-6H2,1-4H3/b9-7+. The Morgan fingerprint density at radius 3 is 2.55 bits per heavy atom. The van der Waals surface area contributed by atoms with E-state index >= 15 is 0 Å². The first-order chi connectivity index (χ1) is 5.13. The predicted molar refractivity (Wildman–Crippen MR) is 47.8 cm³/mol. The molecular formula is C8H18N2O. The van der Waals surface area contributed by atoms with Gasteiger partial charge in [-0.2, -0.15) is 0 Å². The van der Waals surface area contributed by atoms with Crippen LogP contribution >= 0.6 is 0 Å². The maximum absolute atomic E-state index is 4.98. The van der Waals surface area contributed by atoms with Crippen LogP contribution in [0.15, 0.2) is 5.16 Å². The van der Waals surface area contributed by atoms with Crippen LogP contribution in [-0.2, 0) is 4.84 Å². The molecule has 0 atom stereocenters. The van der Waals surface area contributed by atoms with E-state index in [9.17, 15) is 0 Å². The van der Waals surface area contributed by atoms with Crippen molar-refractivity contribution in [1.29, 1.82) is 0 Å². The van der Waals surface area contributed by atoms with Gasteiger partial charge in [0.1, 0.15) is 6.61 Å². The van der Waals surface area contributed by atoms with Crippen LogP contribution in [0.4, 0.5) is 0 Å². The van der Waals surface area contributed by atoms with Crippen LogP contribution in [0.2, 0.25) is 0 Å². The molecule has 0 aromatic heterocycles. The zero-order valence-corrected chi connectivity index (χ0v) is 7.87. The van der Waals surface area contributed by atoms with Crippen molar-refractivity contribution >= 4 is 6.21 Å². The van der Waals surface area contributed by atoms with Gasteiger partial charge in [0.25, 0.3) is 0 Å². The van der Waals surface area contributed by atoms with E-state index in [2.05, 4.69) is 23.9 Å². The third-order valence-electron chi connectivity index (χ3n) is 1.06. The van der Waals surface area contributed by atoms with Crippen LogP contribution in [0, 0.1) is 5.92 Å². The van der Waals surface area contributed by atoms with E-state index in [4.69, 9.17) is 4.84 Å². The molecule has 0 N–H and O–H groups in total. The van der Waals surface area contributed by atoms with Crippen LogP contribution in [0.5, 0.6) is 0 Å². The lowest BCUT2D eigenvalue weighted by Crippen LogP contribution is -2.16. The molecule has 0 heterocycles. The Balaban J connectivity index is 3.14. The van der Waals surface area contributed by atoms with Gasteiger partial charge in [0.2, 0.25) is 0 Å². The van der Waals surface area contributed by atoms with Crippen molar-refractivity contribution in [3.8, 4) is 0 Å². The van der Waals surface area contributed by atoms with Crippen molar-refractivity contribution in [3.63, 3.8) is 0 Å². The van der Waals surface area contributed by atoms with Gasteiger partial charge >= 0.3 is 0 Å². The molecule has 0 aliphatic carbocycles. The molecule has 0 rings (SSSR count). The maximum Gasteiger partial charge on any atom is 0.129 e. The molecule has 0 bridgehead atoms. The Morgan fingerprint density at radius 1 is 1.45 bits per heavy atom. The third-order valence-corrected chi connectivity index (χ3v) is 1.06. The van der Waals surface area contributed by atoms with Gasteiger partial charge in [0.05, 0.1) is 0 Å². The highest BCUT2D eigenvalue weighted by atomic mass is 16.6. The van der Waals surface area contributed by atoms with E-state index in [1.54, 1.807) is 6.21 Å². The minimum atomic E-state index is 0.467. The second-order valence-electron chi connectivity index (χ2n) is 3.13. The number of oxime groups is 1. The molecule has 3 heteroatoms. The summed E-state index contributed by atoms with van der Waals surface area (Å²) in [6.07, 6.45) is 1.80. The van der Waals surface area contributed by atoms with Gasteiger partial charge in [0.15, 0.2) is 0 Å². The minimum Gasteiger partial charge on any atom is -0.395 e. The van der Waals surface area contributed by atoms with Gasteiger partial charge in [0, 0.05) is 12.8 Å².